The average Bonchev–Trinajstić information content (AvgIpc) is 2.15. The smallest absolute Gasteiger partial charge is 0.309 e. The second kappa shape index (κ2) is 4.57. The molecule has 1 aromatic carbocycles. The van der Waals surface area contributed by atoms with Crippen molar-refractivity contribution in [2.45, 2.75) is 18.7 Å². The maximum absolute atomic E-state index is 10.8. The van der Waals surface area contributed by atoms with Crippen LogP contribution in [0.5, 0.6) is 5.75 Å². The molecule has 15 heavy (non-hydrogen) atoms. The summed E-state index contributed by atoms with van der Waals surface area (Å²) in [4.78, 5) is 11.7. The molecule has 0 atom stereocenters. The van der Waals surface area contributed by atoms with Crippen LogP contribution in [0.15, 0.2) is 29.2 Å². The van der Waals surface area contributed by atoms with Crippen molar-refractivity contribution in [1.82, 2.24) is 0 Å². The molecule has 0 spiro atoms. The molecule has 1 aromatic rings. The fourth-order valence-electron chi connectivity index (χ4n) is 0.899. The fraction of sp³-hybridized carbons (Fsp3) is 0.364. The number of aliphatic carboxylic acids is 1. The zero-order chi connectivity index (χ0) is 11.5. The van der Waals surface area contributed by atoms with Gasteiger partial charge in [0.2, 0.25) is 0 Å². The lowest BCUT2D eigenvalue weighted by Crippen LogP contribution is -2.26. The minimum absolute atomic E-state index is 0.202. The Kier molecular flexibility index (Phi) is 3.63. The number of carboxylic acid groups (broad SMARTS) is 1. The van der Waals surface area contributed by atoms with Crippen molar-refractivity contribution in [1.29, 1.82) is 0 Å². The molecule has 0 fully saturated rings. The van der Waals surface area contributed by atoms with E-state index in [4.69, 9.17) is 5.11 Å². The van der Waals surface area contributed by atoms with E-state index in [-0.39, 0.29) is 5.75 Å². The molecule has 0 unspecified atom stereocenters. The number of carboxylic acids is 1. The molecule has 0 amide bonds. The standard InChI is InChI=1S/C11H14O3S/c1-11(2,10(13)14)7-15-9-5-3-4-8(12)6-9/h3-6,12H,7H2,1-2H3,(H,13,14). The quantitative estimate of drug-likeness (QED) is 0.775. The van der Waals surface area contributed by atoms with Gasteiger partial charge in [0.05, 0.1) is 5.41 Å². The van der Waals surface area contributed by atoms with Crippen molar-refractivity contribution in [2.24, 2.45) is 5.41 Å². The Morgan fingerprint density at radius 1 is 1.47 bits per heavy atom. The van der Waals surface area contributed by atoms with E-state index in [2.05, 4.69) is 0 Å². The topological polar surface area (TPSA) is 57.5 Å². The van der Waals surface area contributed by atoms with Gasteiger partial charge < -0.3 is 10.2 Å². The van der Waals surface area contributed by atoms with E-state index in [0.29, 0.717) is 5.75 Å². The number of carbonyl (C=O) groups is 1. The van der Waals surface area contributed by atoms with Crippen molar-refractivity contribution in [2.75, 3.05) is 5.75 Å². The monoisotopic (exact) mass is 226 g/mol. The second-order valence-corrected chi connectivity index (χ2v) is 5.02. The molecular formula is C11H14O3S. The van der Waals surface area contributed by atoms with Crippen LogP contribution in [0.2, 0.25) is 0 Å². The van der Waals surface area contributed by atoms with E-state index in [1.165, 1.54) is 11.8 Å². The zero-order valence-corrected chi connectivity index (χ0v) is 9.54. The van der Waals surface area contributed by atoms with Crippen LogP contribution in [0, 0.1) is 5.41 Å². The van der Waals surface area contributed by atoms with Crippen LogP contribution < -0.4 is 0 Å². The fourth-order valence-corrected chi connectivity index (χ4v) is 1.93. The van der Waals surface area contributed by atoms with Crippen molar-refractivity contribution in [3.05, 3.63) is 24.3 Å². The van der Waals surface area contributed by atoms with Crippen molar-refractivity contribution in [3.63, 3.8) is 0 Å². The third-order valence-electron chi connectivity index (χ3n) is 2.00. The van der Waals surface area contributed by atoms with Gasteiger partial charge in [0.25, 0.3) is 0 Å². The Bertz CT molecular complexity index is 361. The normalized spacial score (nSPS) is 11.3. The molecule has 1 rings (SSSR count). The lowest BCUT2D eigenvalue weighted by atomic mass is 9.97. The highest BCUT2D eigenvalue weighted by molar-refractivity contribution is 7.99. The molecule has 0 heterocycles. The predicted octanol–water partition coefficient (Wildman–Crippen LogP) is 2.60. The summed E-state index contributed by atoms with van der Waals surface area (Å²) in [5.41, 5.74) is -0.754. The van der Waals surface area contributed by atoms with Gasteiger partial charge in [0.15, 0.2) is 0 Å². The number of thioether (sulfide) groups is 1. The van der Waals surface area contributed by atoms with E-state index < -0.39 is 11.4 Å². The van der Waals surface area contributed by atoms with Gasteiger partial charge in [-0.2, -0.15) is 0 Å². The first kappa shape index (κ1) is 11.9. The Morgan fingerprint density at radius 2 is 2.13 bits per heavy atom. The molecule has 2 N–H and O–H groups in total. The maximum atomic E-state index is 10.8. The van der Waals surface area contributed by atoms with Gasteiger partial charge in [-0.3, -0.25) is 4.79 Å². The molecule has 0 aliphatic heterocycles. The summed E-state index contributed by atoms with van der Waals surface area (Å²) < 4.78 is 0. The lowest BCUT2D eigenvalue weighted by Gasteiger charge is -2.18. The molecule has 0 saturated heterocycles. The molecule has 0 bridgehead atoms. The van der Waals surface area contributed by atoms with Gasteiger partial charge in [0, 0.05) is 10.6 Å². The number of rotatable bonds is 4. The molecular weight excluding hydrogens is 212 g/mol. The van der Waals surface area contributed by atoms with Crippen molar-refractivity contribution >= 4 is 17.7 Å². The van der Waals surface area contributed by atoms with Crippen LogP contribution in [-0.4, -0.2) is 21.9 Å². The van der Waals surface area contributed by atoms with Crippen LogP contribution in [-0.2, 0) is 4.79 Å². The number of phenols is 1. The van der Waals surface area contributed by atoms with Crippen molar-refractivity contribution in [3.8, 4) is 5.75 Å². The summed E-state index contributed by atoms with van der Waals surface area (Å²) in [6.45, 7) is 3.37. The molecule has 4 heteroatoms. The van der Waals surface area contributed by atoms with E-state index in [1.807, 2.05) is 6.07 Å². The third kappa shape index (κ3) is 3.47. The first-order chi connectivity index (χ1) is 6.92. The van der Waals surface area contributed by atoms with Gasteiger partial charge in [-0.05, 0) is 32.0 Å². The highest BCUT2D eigenvalue weighted by Crippen LogP contribution is 2.29. The number of hydrogen-bond donors (Lipinski definition) is 2. The van der Waals surface area contributed by atoms with Crippen LogP contribution in [0.4, 0.5) is 0 Å². The number of hydrogen-bond acceptors (Lipinski definition) is 3. The molecule has 82 valence electrons. The zero-order valence-electron chi connectivity index (χ0n) is 8.73. The van der Waals surface area contributed by atoms with E-state index in [9.17, 15) is 9.90 Å². The maximum Gasteiger partial charge on any atom is 0.309 e. The summed E-state index contributed by atoms with van der Waals surface area (Å²) in [5, 5.41) is 18.1. The largest absolute Gasteiger partial charge is 0.508 e. The lowest BCUT2D eigenvalue weighted by molar-refractivity contribution is -0.145. The molecule has 0 aliphatic rings. The van der Waals surface area contributed by atoms with Crippen LogP contribution >= 0.6 is 11.8 Å². The van der Waals surface area contributed by atoms with Crippen molar-refractivity contribution < 1.29 is 15.0 Å². The summed E-state index contributed by atoms with van der Waals surface area (Å²) >= 11 is 1.43. The number of phenolic OH excluding ortho intramolecular Hbond substituents is 1. The minimum Gasteiger partial charge on any atom is -0.508 e. The highest BCUT2D eigenvalue weighted by Gasteiger charge is 2.26. The van der Waals surface area contributed by atoms with Gasteiger partial charge in [-0.15, -0.1) is 11.8 Å². The van der Waals surface area contributed by atoms with Crippen LogP contribution in [0.1, 0.15) is 13.8 Å². The van der Waals surface area contributed by atoms with Gasteiger partial charge >= 0.3 is 5.97 Å². The molecule has 3 nitrogen and oxygen atoms in total. The molecule has 0 aromatic heterocycles. The first-order valence-electron chi connectivity index (χ1n) is 4.57. The highest BCUT2D eigenvalue weighted by atomic mass is 32.2. The predicted molar refractivity (Wildman–Crippen MR) is 60.2 cm³/mol. The Morgan fingerprint density at radius 3 is 2.67 bits per heavy atom. The van der Waals surface area contributed by atoms with E-state index in [1.54, 1.807) is 32.0 Å². The van der Waals surface area contributed by atoms with Gasteiger partial charge in [0.1, 0.15) is 5.75 Å². The third-order valence-corrected chi connectivity index (χ3v) is 3.45. The first-order valence-corrected chi connectivity index (χ1v) is 5.55. The molecule has 0 saturated carbocycles. The SMILES string of the molecule is CC(C)(CSc1cccc(O)c1)C(=O)O. The summed E-state index contributed by atoms with van der Waals surface area (Å²) in [5.74, 6) is -0.130. The van der Waals surface area contributed by atoms with E-state index in [0.717, 1.165) is 4.90 Å². The number of aromatic hydroxyl groups is 1. The number of benzene rings is 1. The minimum atomic E-state index is -0.810. The Balaban J connectivity index is 2.61. The second-order valence-electron chi connectivity index (χ2n) is 3.98. The van der Waals surface area contributed by atoms with Gasteiger partial charge in [-0.1, -0.05) is 6.07 Å². The Hall–Kier alpha value is -1.16. The average molecular weight is 226 g/mol. The summed E-state index contributed by atoms with van der Waals surface area (Å²) in [6.07, 6.45) is 0. The Labute approximate surface area is 93.1 Å². The van der Waals surface area contributed by atoms with Crippen LogP contribution in [0.3, 0.4) is 0 Å². The molecule has 0 aliphatic carbocycles. The van der Waals surface area contributed by atoms with E-state index >= 15 is 0 Å². The molecule has 0 radical (unpaired) electrons. The summed E-state index contributed by atoms with van der Waals surface area (Å²) in [7, 11) is 0. The summed E-state index contributed by atoms with van der Waals surface area (Å²) in [6, 6.07) is 6.81. The van der Waals surface area contributed by atoms with Crippen LogP contribution in [0.25, 0.3) is 0 Å². The van der Waals surface area contributed by atoms with Gasteiger partial charge in [-0.25, -0.2) is 0 Å².